The Kier molecular flexibility index (Phi) is 7.63. The van der Waals surface area contributed by atoms with Crippen molar-refractivity contribution in [1.29, 1.82) is 0 Å². The third kappa shape index (κ3) is 5.84. The number of likely N-dealkylation sites (N-methyl/N-ethyl adjacent to an activating group) is 1. The van der Waals surface area contributed by atoms with Gasteiger partial charge in [-0.3, -0.25) is 20.1 Å². The van der Waals surface area contributed by atoms with Crippen LogP contribution in [0.3, 0.4) is 0 Å². The van der Waals surface area contributed by atoms with Crippen LogP contribution < -0.4 is 15.4 Å². The summed E-state index contributed by atoms with van der Waals surface area (Å²) >= 11 is 0. The van der Waals surface area contributed by atoms with Gasteiger partial charge in [0.05, 0.1) is 41.0 Å². The number of pyridine rings is 3. The van der Waals surface area contributed by atoms with Crippen molar-refractivity contribution in [1.82, 2.24) is 40.3 Å². The van der Waals surface area contributed by atoms with Gasteiger partial charge in [-0.1, -0.05) is 0 Å². The molecule has 10 nitrogen and oxygen atoms in total. The number of benzene rings is 1. The fraction of sp³-hybridized carbons (Fsp3) is 0.273. The van der Waals surface area contributed by atoms with Crippen molar-refractivity contribution in [3.05, 3.63) is 73.2 Å². The van der Waals surface area contributed by atoms with Crippen LogP contribution >= 0.6 is 0 Å². The van der Waals surface area contributed by atoms with Gasteiger partial charge in [-0.2, -0.15) is 5.10 Å². The molecule has 1 saturated heterocycles. The van der Waals surface area contributed by atoms with Gasteiger partial charge in [0.25, 0.3) is 0 Å². The van der Waals surface area contributed by atoms with E-state index in [0.29, 0.717) is 6.54 Å². The van der Waals surface area contributed by atoms with Crippen molar-refractivity contribution in [3.63, 3.8) is 0 Å². The lowest BCUT2D eigenvalue weighted by Gasteiger charge is -2.23. The molecule has 7 rings (SSSR count). The van der Waals surface area contributed by atoms with Crippen LogP contribution in [-0.2, 0) is 0 Å². The molecular weight excluding hydrogens is 557 g/mol. The Balaban J connectivity index is 1.21. The molecule has 4 N–H and O–H groups in total. The lowest BCUT2D eigenvalue weighted by molar-refractivity contribution is 0.162. The number of hydrogen-bond acceptors (Lipinski definition) is 8. The third-order valence-electron chi connectivity index (χ3n) is 7.94. The van der Waals surface area contributed by atoms with Gasteiger partial charge < -0.3 is 25.3 Å². The number of fused-ring (bicyclic) bond motifs is 2. The Bertz CT molecular complexity index is 1930. The molecule has 0 spiro atoms. The third-order valence-corrected chi connectivity index (χ3v) is 7.94. The smallest absolute Gasteiger partial charge is 0.138 e. The minimum absolute atomic E-state index is 0.184. The Morgan fingerprint density at radius 3 is 2.64 bits per heavy atom. The molecule has 0 aliphatic carbocycles. The van der Waals surface area contributed by atoms with Crippen LogP contribution in [0.1, 0.15) is 12.8 Å². The van der Waals surface area contributed by atoms with E-state index in [1.54, 1.807) is 37.1 Å². The molecule has 1 aliphatic rings. The molecule has 0 radical (unpaired) electrons. The van der Waals surface area contributed by atoms with Crippen molar-refractivity contribution < 1.29 is 9.13 Å². The standard InChI is InChI=1S/C33H34FN9O/c1-43(2)8-7-38-23-10-20(9-22(34)12-23)28-17-37-18-31-26(28)13-30(40-31)33-27-14-29(39-19-32(27)41-42-33)21-11-25(16-36-15-21)44-24-3-5-35-6-4-24/h9-19,24,35,38,40H,3-8H2,1-2H3,(H,41,42). The molecule has 1 aromatic carbocycles. The maximum atomic E-state index is 14.7. The minimum Gasteiger partial charge on any atom is -0.489 e. The van der Waals surface area contributed by atoms with Gasteiger partial charge in [0.1, 0.15) is 23.4 Å². The van der Waals surface area contributed by atoms with Crippen molar-refractivity contribution in [2.24, 2.45) is 0 Å². The largest absolute Gasteiger partial charge is 0.489 e. The monoisotopic (exact) mass is 591 g/mol. The molecule has 0 saturated carbocycles. The summed E-state index contributed by atoms with van der Waals surface area (Å²) in [5.74, 6) is 0.438. The average molecular weight is 592 g/mol. The van der Waals surface area contributed by atoms with Crippen molar-refractivity contribution in [2.45, 2.75) is 18.9 Å². The SMILES string of the molecule is CN(C)CCNc1cc(F)cc(-c2cncc3[nH]c(-c4n[nH]c5cnc(-c6cncc(OC7CCNCC7)c6)cc45)cc23)c1. The first-order valence-corrected chi connectivity index (χ1v) is 14.8. The number of ether oxygens (including phenoxy) is 1. The Morgan fingerprint density at radius 2 is 1.77 bits per heavy atom. The molecule has 44 heavy (non-hydrogen) atoms. The molecule has 0 amide bonds. The number of aromatic amines is 2. The second kappa shape index (κ2) is 12.0. The summed E-state index contributed by atoms with van der Waals surface area (Å²) in [6.07, 6.45) is 11.0. The molecule has 6 heterocycles. The molecule has 11 heteroatoms. The maximum absolute atomic E-state index is 14.7. The van der Waals surface area contributed by atoms with E-state index in [-0.39, 0.29) is 11.9 Å². The first kappa shape index (κ1) is 27.9. The first-order chi connectivity index (χ1) is 21.5. The van der Waals surface area contributed by atoms with Crippen LogP contribution in [0.2, 0.25) is 0 Å². The second-order valence-electron chi connectivity index (χ2n) is 11.5. The fourth-order valence-electron chi connectivity index (χ4n) is 5.69. The van der Waals surface area contributed by atoms with Crippen LogP contribution in [0.15, 0.2) is 67.4 Å². The number of nitrogens with zero attached hydrogens (tertiary/aromatic N) is 5. The summed E-state index contributed by atoms with van der Waals surface area (Å²) in [7, 11) is 4.02. The fourth-order valence-corrected chi connectivity index (χ4v) is 5.69. The summed E-state index contributed by atoms with van der Waals surface area (Å²) in [5.41, 5.74) is 7.18. The van der Waals surface area contributed by atoms with Gasteiger partial charge in [-0.15, -0.1) is 0 Å². The van der Waals surface area contributed by atoms with Crippen molar-refractivity contribution >= 4 is 27.5 Å². The zero-order chi connectivity index (χ0) is 30.0. The highest BCUT2D eigenvalue weighted by molar-refractivity contribution is 6.01. The number of piperidine rings is 1. The number of aromatic nitrogens is 6. The molecule has 5 aromatic heterocycles. The van der Waals surface area contributed by atoms with Crippen LogP contribution in [0, 0.1) is 5.82 Å². The molecule has 1 fully saturated rings. The van der Waals surface area contributed by atoms with E-state index >= 15 is 0 Å². The number of H-pyrrole nitrogens is 2. The minimum atomic E-state index is -0.305. The Hall–Kier alpha value is -4.87. The van der Waals surface area contributed by atoms with Crippen LogP contribution in [0.25, 0.3) is 55.6 Å². The van der Waals surface area contributed by atoms with Crippen LogP contribution in [0.5, 0.6) is 5.75 Å². The maximum Gasteiger partial charge on any atom is 0.138 e. The summed E-state index contributed by atoms with van der Waals surface area (Å²) in [4.78, 5) is 19.1. The number of halogens is 1. The molecule has 0 unspecified atom stereocenters. The van der Waals surface area contributed by atoms with E-state index in [2.05, 4.69) is 45.7 Å². The average Bonchev–Trinajstić information content (AvgIpc) is 3.65. The molecule has 0 atom stereocenters. The van der Waals surface area contributed by atoms with Gasteiger partial charge in [0.2, 0.25) is 0 Å². The van der Waals surface area contributed by atoms with Gasteiger partial charge in [0, 0.05) is 53.1 Å². The predicted molar refractivity (Wildman–Crippen MR) is 171 cm³/mol. The summed E-state index contributed by atoms with van der Waals surface area (Å²) < 4.78 is 20.9. The normalized spacial score (nSPS) is 14.1. The molecular formula is C33H34FN9O. The summed E-state index contributed by atoms with van der Waals surface area (Å²) in [5, 5.41) is 16.3. The molecule has 6 aromatic rings. The zero-order valence-electron chi connectivity index (χ0n) is 24.7. The molecule has 224 valence electrons. The number of nitrogens with one attached hydrogen (secondary N) is 4. The number of hydrogen-bond donors (Lipinski definition) is 4. The van der Waals surface area contributed by atoms with Crippen molar-refractivity contribution in [3.8, 4) is 39.5 Å². The highest BCUT2D eigenvalue weighted by Crippen LogP contribution is 2.35. The summed E-state index contributed by atoms with van der Waals surface area (Å²) in [6, 6.07) is 11.1. The highest BCUT2D eigenvalue weighted by atomic mass is 19.1. The Morgan fingerprint density at radius 1 is 0.909 bits per heavy atom. The van der Waals surface area contributed by atoms with Gasteiger partial charge >= 0.3 is 0 Å². The van der Waals surface area contributed by atoms with Crippen LogP contribution in [-0.4, -0.2) is 81.4 Å². The second-order valence-corrected chi connectivity index (χ2v) is 11.5. The topological polar surface area (TPSA) is 120 Å². The number of anilines is 1. The van der Waals surface area contributed by atoms with E-state index in [0.717, 1.165) is 99.5 Å². The Labute approximate surface area is 254 Å². The first-order valence-electron chi connectivity index (χ1n) is 14.8. The lowest BCUT2D eigenvalue weighted by Crippen LogP contribution is -2.34. The van der Waals surface area contributed by atoms with Crippen molar-refractivity contribution in [2.75, 3.05) is 45.6 Å². The quantitative estimate of drug-likeness (QED) is 0.175. The molecule has 0 bridgehead atoms. The summed E-state index contributed by atoms with van der Waals surface area (Å²) in [6.45, 7) is 3.47. The van der Waals surface area contributed by atoms with Gasteiger partial charge in [0.15, 0.2) is 0 Å². The van der Waals surface area contributed by atoms with E-state index in [9.17, 15) is 4.39 Å². The van der Waals surface area contributed by atoms with Gasteiger partial charge in [-0.25, -0.2) is 4.39 Å². The predicted octanol–water partition coefficient (Wildman–Crippen LogP) is 5.47. The van der Waals surface area contributed by atoms with E-state index in [1.165, 1.54) is 6.07 Å². The lowest BCUT2D eigenvalue weighted by atomic mass is 10.0. The van der Waals surface area contributed by atoms with Crippen LogP contribution in [0.4, 0.5) is 10.1 Å². The zero-order valence-corrected chi connectivity index (χ0v) is 24.7. The van der Waals surface area contributed by atoms with Gasteiger partial charge in [-0.05, 0) is 82.0 Å². The molecule has 1 aliphatic heterocycles. The number of rotatable bonds is 9. The van der Waals surface area contributed by atoms with E-state index in [4.69, 9.17) is 4.74 Å². The van der Waals surface area contributed by atoms with E-state index < -0.39 is 0 Å². The van der Waals surface area contributed by atoms with E-state index in [1.807, 2.05) is 38.4 Å². The highest BCUT2D eigenvalue weighted by Gasteiger charge is 2.18.